The topological polar surface area (TPSA) is 55.4 Å². The molecule has 0 aliphatic heterocycles. The molecular weight excluding hydrogens is 298 g/mol. The molecule has 0 unspecified atom stereocenters. The minimum absolute atomic E-state index is 0.138. The Morgan fingerprint density at radius 2 is 1.78 bits per heavy atom. The minimum Gasteiger partial charge on any atom is -0.444 e. The van der Waals surface area contributed by atoms with Crippen molar-refractivity contribution in [2.24, 2.45) is 5.92 Å². The Hall–Kier alpha value is -0.580. The Kier molecular flexibility index (Phi) is 5.63. The van der Waals surface area contributed by atoms with Gasteiger partial charge < -0.3 is 10.1 Å². The zero-order valence-corrected chi connectivity index (χ0v) is 12.9. The first-order valence-corrected chi connectivity index (χ1v) is 7.52. The van der Waals surface area contributed by atoms with E-state index < -0.39 is 5.60 Å². The predicted molar refractivity (Wildman–Crippen MR) is 73.9 cm³/mol. The highest BCUT2D eigenvalue weighted by molar-refractivity contribution is 9.09. The highest BCUT2D eigenvalue weighted by Gasteiger charge is 2.27. The summed E-state index contributed by atoms with van der Waals surface area (Å²) in [5.74, 6) is 0.423. The van der Waals surface area contributed by atoms with E-state index in [0.29, 0.717) is 5.33 Å². The van der Waals surface area contributed by atoms with Crippen molar-refractivity contribution in [2.45, 2.75) is 58.1 Å². The fourth-order valence-corrected chi connectivity index (χ4v) is 2.60. The van der Waals surface area contributed by atoms with Crippen molar-refractivity contribution in [1.29, 1.82) is 0 Å². The molecule has 0 aromatic rings. The Bertz CT molecular complexity index is 304. The molecule has 18 heavy (non-hydrogen) atoms. The van der Waals surface area contributed by atoms with Crippen LogP contribution >= 0.6 is 15.9 Å². The lowest BCUT2D eigenvalue weighted by Gasteiger charge is -2.29. The van der Waals surface area contributed by atoms with E-state index in [1.807, 2.05) is 20.8 Å². The van der Waals surface area contributed by atoms with Crippen LogP contribution in [-0.4, -0.2) is 28.8 Å². The van der Waals surface area contributed by atoms with E-state index in [2.05, 4.69) is 21.2 Å². The van der Waals surface area contributed by atoms with E-state index in [-0.39, 0.29) is 23.8 Å². The summed E-state index contributed by atoms with van der Waals surface area (Å²) in [4.78, 5) is 23.1. The minimum atomic E-state index is -0.465. The first kappa shape index (κ1) is 15.5. The van der Waals surface area contributed by atoms with Crippen LogP contribution in [0, 0.1) is 5.92 Å². The number of nitrogens with one attached hydrogen (secondary N) is 1. The second-order valence-electron chi connectivity index (χ2n) is 5.79. The molecule has 1 rings (SSSR count). The van der Waals surface area contributed by atoms with Gasteiger partial charge in [0.05, 0.1) is 5.33 Å². The third kappa shape index (κ3) is 5.38. The van der Waals surface area contributed by atoms with Crippen molar-refractivity contribution < 1.29 is 14.3 Å². The van der Waals surface area contributed by atoms with E-state index in [0.717, 1.165) is 25.7 Å². The SMILES string of the molecule is CC(C)(C)OC(=O)NC1CCC(C(=O)CBr)CC1. The summed E-state index contributed by atoms with van der Waals surface area (Å²) >= 11 is 3.20. The van der Waals surface area contributed by atoms with Crippen molar-refractivity contribution in [1.82, 2.24) is 5.32 Å². The monoisotopic (exact) mass is 319 g/mol. The number of carbonyl (C=O) groups excluding carboxylic acids is 2. The molecule has 1 N–H and O–H groups in total. The predicted octanol–water partition coefficient (Wildman–Crippen LogP) is 3.03. The van der Waals surface area contributed by atoms with E-state index >= 15 is 0 Å². The Morgan fingerprint density at radius 3 is 2.22 bits per heavy atom. The van der Waals surface area contributed by atoms with E-state index in [9.17, 15) is 9.59 Å². The molecule has 4 nitrogen and oxygen atoms in total. The number of hydrogen-bond acceptors (Lipinski definition) is 3. The molecule has 0 bridgehead atoms. The molecule has 0 heterocycles. The van der Waals surface area contributed by atoms with Gasteiger partial charge in [-0.05, 0) is 46.5 Å². The van der Waals surface area contributed by atoms with Gasteiger partial charge in [0.25, 0.3) is 0 Å². The molecule has 1 aliphatic carbocycles. The molecule has 0 aromatic heterocycles. The van der Waals surface area contributed by atoms with Crippen molar-refractivity contribution in [3.63, 3.8) is 0 Å². The average molecular weight is 320 g/mol. The van der Waals surface area contributed by atoms with Crippen LogP contribution in [0.3, 0.4) is 0 Å². The number of halogens is 1. The van der Waals surface area contributed by atoms with Gasteiger partial charge in [0.2, 0.25) is 0 Å². The number of carbonyl (C=O) groups is 2. The van der Waals surface area contributed by atoms with Gasteiger partial charge in [-0.3, -0.25) is 4.79 Å². The number of amides is 1. The smallest absolute Gasteiger partial charge is 0.407 e. The number of Topliss-reactive ketones (excluding diaryl/α,β-unsaturated/α-hetero) is 1. The normalized spacial score (nSPS) is 24.4. The molecule has 0 aromatic carbocycles. The molecule has 1 amide bonds. The summed E-state index contributed by atoms with van der Waals surface area (Å²) in [6, 6.07) is 0.138. The molecule has 1 saturated carbocycles. The molecular formula is C13H22BrNO3. The zero-order valence-electron chi connectivity index (χ0n) is 11.3. The number of alkyl halides is 1. The van der Waals surface area contributed by atoms with Crippen LogP contribution in [0.25, 0.3) is 0 Å². The summed E-state index contributed by atoms with van der Waals surface area (Å²) in [5, 5.41) is 3.30. The molecule has 1 fully saturated rings. The zero-order chi connectivity index (χ0) is 13.8. The summed E-state index contributed by atoms with van der Waals surface area (Å²) in [7, 11) is 0. The van der Waals surface area contributed by atoms with Crippen molar-refractivity contribution in [2.75, 3.05) is 5.33 Å². The quantitative estimate of drug-likeness (QED) is 0.813. The van der Waals surface area contributed by atoms with Gasteiger partial charge in [-0.1, -0.05) is 15.9 Å². The number of ether oxygens (including phenoxy) is 1. The second kappa shape index (κ2) is 6.55. The lowest BCUT2D eigenvalue weighted by Crippen LogP contribution is -2.41. The highest BCUT2D eigenvalue weighted by atomic mass is 79.9. The third-order valence-corrected chi connectivity index (χ3v) is 3.59. The number of alkyl carbamates (subject to hydrolysis) is 1. The van der Waals surface area contributed by atoms with Gasteiger partial charge in [0.15, 0.2) is 0 Å². The third-order valence-electron chi connectivity index (χ3n) is 3.04. The van der Waals surface area contributed by atoms with Crippen LogP contribution in [0.1, 0.15) is 46.5 Å². The molecule has 1 aliphatic rings. The van der Waals surface area contributed by atoms with Crippen molar-refractivity contribution >= 4 is 27.8 Å². The Balaban J connectivity index is 2.31. The van der Waals surface area contributed by atoms with Gasteiger partial charge in [-0.15, -0.1) is 0 Å². The van der Waals surface area contributed by atoms with Crippen LogP contribution in [0.15, 0.2) is 0 Å². The first-order valence-electron chi connectivity index (χ1n) is 6.40. The maximum Gasteiger partial charge on any atom is 0.407 e. The van der Waals surface area contributed by atoms with Crippen LogP contribution in [-0.2, 0) is 9.53 Å². The Labute approximate surface area is 117 Å². The maximum atomic E-state index is 11.6. The number of ketones is 1. The maximum absolute atomic E-state index is 11.6. The fourth-order valence-electron chi connectivity index (χ4n) is 2.14. The van der Waals surface area contributed by atoms with Gasteiger partial charge in [0.1, 0.15) is 11.4 Å². The average Bonchev–Trinajstić information content (AvgIpc) is 2.26. The standard InChI is InChI=1S/C13H22BrNO3/c1-13(2,3)18-12(17)15-10-6-4-9(5-7-10)11(16)8-14/h9-10H,4-8H2,1-3H3,(H,15,17). The van der Waals surface area contributed by atoms with E-state index in [1.54, 1.807) is 0 Å². The molecule has 0 atom stereocenters. The van der Waals surface area contributed by atoms with Gasteiger partial charge in [0, 0.05) is 12.0 Å². The van der Waals surface area contributed by atoms with Crippen LogP contribution in [0.2, 0.25) is 0 Å². The van der Waals surface area contributed by atoms with Gasteiger partial charge in [-0.25, -0.2) is 4.79 Å². The highest BCUT2D eigenvalue weighted by Crippen LogP contribution is 2.25. The number of rotatable bonds is 3. The van der Waals surface area contributed by atoms with Crippen molar-refractivity contribution in [3.8, 4) is 0 Å². The fraction of sp³-hybridized carbons (Fsp3) is 0.846. The summed E-state index contributed by atoms with van der Waals surface area (Å²) < 4.78 is 5.21. The number of hydrogen-bond donors (Lipinski definition) is 1. The molecule has 0 radical (unpaired) electrons. The first-order chi connectivity index (χ1) is 8.31. The second-order valence-corrected chi connectivity index (χ2v) is 6.36. The largest absolute Gasteiger partial charge is 0.444 e. The molecule has 0 spiro atoms. The molecule has 0 saturated heterocycles. The van der Waals surface area contributed by atoms with E-state index in [4.69, 9.17) is 4.74 Å². The lowest BCUT2D eigenvalue weighted by molar-refractivity contribution is -0.121. The van der Waals surface area contributed by atoms with E-state index in [1.165, 1.54) is 0 Å². The van der Waals surface area contributed by atoms with Gasteiger partial charge in [-0.2, -0.15) is 0 Å². The lowest BCUT2D eigenvalue weighted by atomic mass is 9.84. The molecule has 104 valence electrons. The van der Waals surface area contributed by atoms with Crippen LogP contribution < -0.4 is 5.32 Å². The summed E-state index contributed by atoms with van der Waals surface area (Å²) in [6.07, 6.45) is 3.04. The van der Waals surface area contributed by atoms with Crippen molar-refractivity contribution in [3.05, 3.63) is 0 Å². The summed E-state index contributed by atoms with van der Waals surface area (Å²) in [5.41, 5.74) is -0.465. The molecule has 5 heteroatoms. The van der Waals surface area contributed by atoms with Gasteiger partial charge >= 0.3 is 6.09 Å². The van der Waals surface area contributed by atoms with Crippen LogP contribution in [0.5, 0.6) is 0 Å². The van der Waals surface area contributed by atoms with Crippen LogP contribution in [0.4, 0.5) is 4.79 Å². The summed E-state index contributed by atoms with van der Waals surface area (Å²) in [6.45, 7) is 5.54. The Morgan fingerprint density at radius 1 is 1.22 bits per heavy atom.